The number of oxime groups is 1. The minimum Gasteiger partial charge on any atom is -0.409 e. The molecule has 1 rings (SSSR count). The van der Waals surface area contributed by atoms with Crippen LogP contribution < -0.4 is 10.6 Å². The molecular formula is C11H19N5OS. The number of nitrogens with two attached hydrogens (primary N) is 1. The molecule has 0 aliphatic heterocycles. The molecule has 0 saturated carbocycles. The molecule has 0 saturated heterocycles. The molecule has 0 aliphatic rings. The van der Waals surface area contributed by atoms with Crippen LogP contribution in [0.2, 0.25) is 0 Å². The molecule has 6 nitrogen and oxygen atoms in total. The van der Waals surface area contributed by atoms with Crippen molar-refractivity contribution in [2.24, 2.45) is 10.9 Å². The monoisotopic (exact) mass is 269 g/mol. The fraction of sp³-hybridized carbons (Fsp3) is 0.545. The average Bonchev–Trinajstić information content (AvgIpc) is 2.43. The first-order valence-electron chi connectivity index (χ1n) is 5.67. The van der Waals surface area contributed by atoms with E-state index in [-0.39, 0.29) is 5.84 Å². The molecule has 0 fully saturated rings. The molecule has 1 unspecified atom stereocenters. The van der Waals surface area contributed by atoms with E-state index in [2.05, 4.69) is 28.5 Å². The van der Waals surface area contributed by atoms with Crippen LogP contribution in [0.4, 0.5) is 5.82 Å². The van der Waals surface area contributed by atoms with Crippen molar-refractivity contribution in [3.8, 4) is 0 Å². The molecule has 0 bridgehead atoms. The van der Waals surface area contributed by atoms with Crippen LogP contribution in [0.1, 0.15) is 18.9 Å². The molecule has 100 valence electrons. The fourth-order valence-corrected chi connectivity index (χ4v) is 2.55. The normalized spacial score (nSPS) is 13.4. The summed E-state index contributed by atoms with van der Waals surface area (Å²) in [4.78, 5) is 2.02. The van der Waals surface area contributed by atoms with Gasteiger partial charge in [0.15, 0.2) is 11.7 Å². The molecule has 3 N–H and O–H groups in total. The fourth-order valence-electron chi connectivity index (χ4n) is 1.71. The van der Waals surface area contributed by atoms with Gasteiger partial charge < -0.3 is 15.8 Å². The van der Waals surface area contributed by atoms with Gasteiger partial charge in [-0.2, -0.15) is 16.9 Å². The first-order valence-corrected chi connectivity index (χ1v) is 7.06. The predicted octanol–water partition coefficient (Wildman–Crippen LogP) is 1.15. The molecule has 1 heterocycles. The molecule has 1 aromatic rings. The van der Waals surface area contributed by atoms with Crippen molar-refractivity contribution in [3.05, 3.63) is 17.8 Å². The first-order chi connectivity index (χ1) is 8.65. The van der Waals surface area contributed by atoms with E-state index in [1.807, 2.05) is 11.9 Å². The largest absolute Gasteiger partial charge is 0.409 e. The maximum absolute atomic E-state index is 8.79. The van der Waals surface area contributed by atoms with Crippen molar-refractivity contribution < 1.29 is 5.21 Å². The molecule has 1 atom stereocenters. The summed E-state index contributed by atoms with van der Waals surface area (Å²) in [5.74, 6) is 1.67. The molecule has 7 heteroatoms. The Morgan fingerprint density at radius 3 is 2.94 bits per heavy atom. The van der Waals surface area contributed by atoms with Crippen LogP contribution in [0.3, 0.4) is 0 Å². The maximum atomic E-state index is 8.79. The molecule has 0 aliphatic carbocycles. The van der Waals surface area contributed by atoms with Gasteiger partial charge in [-0.3, -0.25) is 0 Å². The Balaban J connectivity index is 3.08. The highest BCUT2D eigenvalue weighted by molar-refractivity contribution is 7.98. The molecule has 0 radical (unpaired) electrons. The van der Waals surface area contributed by atoms with Crippen LogP contribution in [0.25, 0.3) is 0 Å². The van der Waals surface area contributed by atoms with Gasteiger partial charge in [0.25, 0.3) is 0 Å². The summed E-state index contributed by atoms with van der Waals surface area (Å²) in [6.07, 6.45) is 4.58. The maximum Gasteiger partial charge on any atom is 0.173 e. The summed E-state index contributed by atoms with van der Waals surface area (Å²) in [6, 6.07) is 2.03. The SMILES string of the molecule is CCC(CSC)N(C)c1nnccc1/C(N)=N/O. The third-order valence-electron chi connectivity index (χ3n) is 2.80. The van der Waals surface area contributed by atoms with Crippen LogP contribution in [0.15, 0.2) is 17.4 Å². The number of hydrogen-bond acceptors (Lipinski definition) is 6. The highest BCUT2D eigenvalue weighted by Crippen LogP contribution is 2.20. The molecule has 0 aromatic carbocycles. The Morgan fingerprint density at radius 2 is 2.39 bits per heavy atom. The summed E-state index contributed by atoms with van der Waals surface area (Å²) >= 11 is 1.78. The lowest BCUT2D eigenvalue weighted by atomic mass is 10.2. The molecule has 1 aromatic heterocycles. The number of anilines is 1. The molecule has 0 spiro atoms. The standard InChI is InChI=1S/C11H19N5OS/c1-4-8(7-18-3)16(2)11-9(10(12)15-17)5-6-13-14-11/h5-6,8,17H,4,7H2,1-3H3,(H2,12,15). The van der Waals surface area contributed by atoms with Gasteiger partial charge in [-0.05, 0) is 18.7 Å². The Bertz CT molecular complexity index is 412. The number of hydrogen-bond donors (Lipinski definition) is 2. The summed E-state index contributed by atoms with van der Waals surface area (Å²) in [7, 11) is 1.95. The van der Waals surface area contributed by atoms with Crippen molar-refractivity contribution in [2.75, 3.05) is 24.0 Å². The second kappa shape index (κ2) is 7.05. The summed E-state index contributed by atoms with van der Waals surface area (Å²) < 4.78 is 0. The van der Waals surface area contributed by atoms with Gasteiger partial charge >= 0.3 is 0 Å². The van der Waals surface area contributed by atoms with Gasteiger partial charge in [0.2, 0.25) is 0 Å². The zero-order valence-electron chi connectivity index (χ0n) is 10.9. The van der Waals surface area contributed by atoms with Gasteiger partial charge in [0, 0.05) is 18.8 Å². The van der Waals surface area contributed by atoms with E-state index in [0.717, 1.165) is 12.2 Å². The molecule has 18 heavy (non-hydrogen) atoms. The number of aromatic nitrogens is 2. The van der Waals surface area contributed by atoms with E-state index in [1.54, 1.807) is 17.8 Å². The number of thioether (sulfide) groups is 1. The summed E-state index contributed by atoms with van der Waals surface area (Å²) in [5.41, 5.74) is 6.24. The molecule has 0 amide bonds. The zero-order valence-corrected chi connectivity index (χ0v) is 11.7. The Kier molecular flexibility index (Phi) is 5.70. The highest BCUT2D eigenvalue weighted by atomic mass is 32.2. The minimum absolute atomic E-state index is 0.0470. The van der Waals surface area contributed by atoms with E-state index < -0.39 is 0 Å². The summed E-state index contributed by atoms with van der Waals surface area (Å²) in [5, 5.41) is 19.8. The van der Waals surface area contributed by atoms with Crippen LogP contribution in [-0.4, -0.2) is 46.3 Å². The second-order valence-corrected chi connectivity index (χ2v) is 4.79. The van der Waals surface area contributed by atoms with E-state index >= 15 is 0 Å². The lowest BCUT2D eigenvalue weighted by Gasteiger charge is -2.28. The average molecular weight is 269 g/mol. The third kappa shape index (κ3) is 3.25. The Hall–Kier alpha value is -1.50. The van der Waals surface area contributed by atoms with Gasteiger partial charge in [-0.25, -0.2) is 0 Å². The number of rotatable bonds is 6. The Labute approximate surface area is 111 Å². The van der Waals surface area contributed by atoms with Crippen LogP contribution in [-0.2, 0) is 0 Å². The van der Waals surface area contributed by atoms with Crippen LogP contribution in [0.5, 0.6) is 0 Å². The van der Waals surface area contributed by atoms with Gasteiger partial charge in [0.1, 0.15) is 0 Å². The van der Waals surface area contributed by atoms with Crippen molar-refractivity contribution in [2.45, 2.75) is 19.4 Å². The van der Waals surface area contributed by atoms with Crippen molar-refractivity contribution in [3.63, 3.8) is 0 Å². The van der Waals surface area contributed by atoms with Crippen molar-refractivity contribution in [1.82, 2.24) is 10.2 Å². The van der Waals surface area contributed by atoms with Crippen LogP contribution >= 0.6 is 11.8 Å². The zero-order chi connectivity index (χ0) is 13.5. The van der Waals surface area contributed by atoms with Gasteiger partial charge in [0.05, 0.1) is 11.8 Å². The van der Waals surface area contributed by atoms with Crippen molar-refractivity contribution >= 4 is 23.4 Å². The number of amidine groups is 1. The van der Waals surface area contributed by atoms with E-state index in [0.29, 0.717) is 17.4 Å². The number of nitrogens with zero attached hydrogens (tertiary/aromatic N) is 4. The Morgan fingerprint density at radius 1 is 1.67 bits per heavy atom. The first kappa shape index (κ1) is 14.6. The second-order valence-electron chi connectivity index (χ2n) is 3.88. The van der Waals surface area contributed by atoms with E-state index in [9.17, 15) is 0 Å². The predicted molar refractivity (Wildman–Crippen MR) is 75.4 cm³/mol. The third-order valence-corrected chi connectivity index (χ3v) is 3.52. The van der Waals surface area contributed by atoms with E-state index in [4.69, 9.17) is 10.9 Å². The smallest absolute Gasteiger partial charge is 0.173 e. The van der Waals surface area contributed by atoms with E-state index in [1.165, 1.54) is 6.20 Å². The minimum atomic E-state index is 0.0470. The van der Waals surface area contributed by atoms with Gasteiger partial charge in [-0.1, -0.05) is 12.1 Å². The lowest BCUT2D eigenvalue weighted by molar-refractivity contribution is 0.318. The lowest BCUT2D eigenvalue weighted by Crippen LogP contribution is -2.35. The quantitative estimate of drug-likeness (QED) is 0.348. The van der Waals surface area contributed by atoms with Gasteiger partial charge in [-0.15, -0.1) is 5.10 Å². The molecular weight excluding hydrogens is 250 g/mol. The topological polar surface area (TPSA) is 87.6 Å². The summed E-state index contributed by atoms with van der Waals surface area (Å²) in [6.45, 7) is 2.12. The van der Waals surface area contributed by atoms with Crippen LogP contribution in [0, 0.1) is 0 Å². The highest BCUT2D eigenvalue weighted by Gasteiger charge is 2.19. The van der Waals surface area contributed by atoms with Crippen molar-refractivity contribution in [1.29, 1.82) is 0 Å².